The molecule has 3 N–H and O–H groups in total. The molecule has 0 heterocycles. The van der Waals surface area contributed by atoms with Crippen LogP contribution in [0.15, 0.2) is 54.6 Å². The van der Waals surface area contributed by atoms with E-state index in [0.29, 0.717) is 0 Å². The highest BCUT2D eigenvalue weighted by Gasteiger charge is 2.03. The van der Waals surface area contributed by atoms with Gasteiger partial charge >= 0.3 is 0 Å². The highest BCUT2D eigenvalue weighted by atomic mass is 15.1. The fraction of sp³-hybridized carbons (Fsp3) is 0.133. The third kappa shape index (κ3) is 2.88. The van der Waals surface area contributed by atoms with E-state index in [4.69, 9.17) is 11.1 Å². The monoisotopic (exact) mass is 239 g/mol. The Bertz CT molecular complexity index is 534. The number of para-hydroxylation sites is 1. The first-order valence-corrected chi connectivity index (χ1v) is 5.86. The highest BCUT2D eigenvalue weighted by molar-refractivity contribution is 5.95. The minimum atomic E-state index is 0.110. The van der Waals surface area contributed by atoms with Crippen molar-refractivity contribution in [2.24, 2.45) is 5.73 Å². The fourth-order valence-electron chi connectivity index (χ4n) is 1.88. The van der Waals surface area contributed by atoms with Gasteiger partial charge < -0.3 is 10.6 Å². The van der Waals surface area contributed by atoms with Gasteiger partial charge in [0.25, 0.3) is 0 Å². The second-order valence-electron chi connectivity index (χ2n) is 4.31. The average Bonchev–Trinajstić information content (AvgIpc) is 2.40. The number of nitrogens with zero attached hydrogens (tertiary/aromatic N) is 1. The summed E-state index contributed by atoms with van der Waals surface area (Å²) in [4.78, 5) is 2.17. The van der Waals surface area contributed by atoms with E-state index in [1.54, 1.807) is 0 Å². The molecule has 0 aliphatic rings. The molecule has 0 aliphatic heterocycles. The van der Waals surface area contributed by atoms with Crippen LogP contribution in [0, 0.1) is 5.41 Å². The van der Waals surface area contributed by atoms with Crippen molar-refractivity contribution in [1.29, 1.82) is 5.41 Å². The zero-order valence-corrected chi connectivity index (χ0v) is 10.4. The largest absolute Gasteiger partial charge is 0.384 e. The lowest BCUT2D eigenvalue weighted by molar-refractivity contribution is 0.923. The van der Waals surface area contributed by atoms with Crippen LogP contribution >= 0.6 is 0 Å². The molecule has 3 nitrogen and oxygen atoms in total. The smallest absolute Gasteiger partial charge is 0.122 e. The van der Waals surface area contributed by atoms with Crippen molar-refractivity contribution < 1.29 is 0 Å². The van der Waals surface area contributed by atoms with Gasteiger partial charge in [0.1, 0.15) is 5.84 Å². The van der Waals surface area contributed by atoms with E-state index in [2.05, 4.69) is 24.1 Å². The molecule has 0 atom stereocenters. The van der Waals surface area contributed by atoms with Crippen LogP contribution in [-0.2, 0) is 6.54 Å². The lowest BCUT2D eigenvalue weighted by Gasteiger charge is -2.19. The van der Waals surface area contributed by atoms with Gasteiger partial charge in [0.2, 0.25) is 0 Å². The molecule has 0 fully saturated rings. The summed E-state index contributed by atoms with van der Waals surface area (Å²) >= 11 is 0. The quantitative estimate of drug-likeness (QED) is 0.636. The van der Waals surface area contributed by atoms with Crippen LogP contribution < -0.4 is 10.6 Å². The number of nitrogens with one attached hydrogen (secondary N) is 1. The van der Waals surface area contributed by atoms with Crippen molar-refractivity contribution in [3.8, 4) is 0 Å². The maximum Gasteiger partial charge on any atom is 0.122 e. The Kier molecular flexibility index (Phi) is 3.63. The first-order valence-electron chi connectivity index (χ1n) is 5.86. The Morgan fingerprint density at radius 1 is 1.11 bits per heavy atom. The van der Waals surface area contributed by atoms with Crippen molar-refractivity contribution in [2.75, 3.05) is 11.9 Å². The first-order chi connectivity index (χ1) is 8.66. The van der Waals surface area contributed by atoms with E-state index < -0.39 is 0 Å². The topological polar surface area (TPSA) is 53.1 Å². The third-order valence-corrected chi connectivity index (χ3v) is 2.85. The number of amidine groups is 1. The molecule has 92 valence electrons. The Hall–Kier alpha value is -2.29. The summed E-state index contributed by atoms with van der Waals surface area (Å²) in [6.07, 6.45) is 0. The molecule has 3 heteroatoms. The number of benzene rings is 2. The number of hydrogen-bond acceptors (Lipinski definition) is 2. The second kappa shape index (κ2) is 5.36. The normalized spacial score (nSPS) is 10.1. The average molecular weight is 239 g/mol. The van der Waals surface area contributed by atoms with Gasteiger partial charge in [0.15, 0.2) is 0 Å². The van der Waals surface area contributed by atoms with Gasteiger partial charge in [-0.2, -0.15) is 0 Å². The zero-order chi connectivity index (χ0) is 13.0. The van der Waals surface area contributed by atoms with Gasteiger partial charge in [-0.25, -0.2) is 0 Å². The van der Waals surface area contributed by atoms with Gasteiger partial charge in [0.05, 0.1) is 0 Å². The van der Waals surface area contributed by atoms with Crippen LogP contribution in [-0.4, -0.2) is 12.9 Å². The number of nitrogen functional groups attached to an aromatic ring is 1. The van der Waals surface area contributed by atoms with Crippen LogP contribution in [0.5, 0.6) is 0 Å². The van der Waals surface area contributed by atoms with Gasteiger partial charge in [-0.15, -0.1) is 0 Å². The molecule has 2 aromatic carbocycles. The Balaban J connectivity index is 2.14. The Morgan fingerprint density at radius 3 is 2.50 bits per heavy atom. The fourth-order valence-corrected chi connectivity index (χ4v) is 1.88. The summed E-state index contributed by atoms with van der Waals surface area (Å²) < 4.78 is 0. The Morgan fingerprint density at radius 2 is 1.83 bits per heavy atom. The molecule has 0 aromatic heterocycles. The molecular weight excluding hydrogens is 222 g/mol. The summed E-state index contributed by atoms with van der Waals surface area (Å²) in [5.74, 6) is 0.110. The molecule has 18 heavy (non-hydrogen) atoms. The van der Waals surface area contributed by atoms with Crippen LogP contribution in [0.3, 0.4) is 0 Å². The molecule has 0 saturated carbocycles. The molecule has 0 amide bonds. The van der Waals surface area contributed by atoms with E-state index in [9.17, 15) is 0 Å². The second-order valence-corrected chi connectivity index (χ2v) is 4.31. The van der Waals surface area contributed by atoms with E-state index in [1.165, 1.54) is 5.69 Å². The van der Waals surface area contributed by atoms with Gasteiger partial charge in [0, 0.05) is 24.8 Å². The summed E-state index contributed by atoms with van der Waals surface area (Å²) in [5.41, 5.74) is 8.59. The number of rotatable bonds is 4. The third-order valence-electron chi connectivity index (χ3n) is 2.85. The van der Waals surface area contributed by atoms with Crippen molar-refractivity contribution in [1.82, 2.24) is 0 Å². The summed E-state index contributed by atoms with van der Waals surface area (Å²) in [7, 11) is 2.05. The molecule has 0 radical (unpaired) electrons. The molecule has 0 unspecified atom stereocenters. The number of anilines is 1. The summed E-state index contributed by atoms with van der Waals surface area (Å²) in [6, 6.07) is 18.0. The van der Waals surface area contributed by atoms with Crippen molar-refractivity contribution in [2.45, 2.75) is 6.54 Å². The summed E-state index contributed by atoms with van der Waals surface area (Å²) in [6.45, 7) is 0.797. The maximum atomic E-state index is 7.44. The minimum Gasteiger partial charge on any atom is -0.384 e. The molecular formula is C15H17N3. The standard InChI is InChI=1S/C15H17N3/c1-18(14-8-3-2-4-9-14)11-12-6-5-7-13(10-12)15(16)17/h2-10H,11H2,1H3,(H3,16,17). The van der Waals surface area contributed by atoms with E-state index in [-0.39, 0.29) is 5.84 Å². The predicted octanol–water partition coefficient (Wildman–Crippen LogP) is 2.61. The van der Waals surface area contributed by atoms with Gasteiger partial charge in [-0.1, -0.05) is 36.4 Å². The van der Waals surface area contributed by atoms with Gasteiger partial charge in [-0.05, 0) is 23.8 Å². The predicted molar refractivity (Wildman–Crippen MR) is 76.0 cm³/mol. The number of hydrogen-bond donors (Lipinski definition) is 2. The van der Waals surface area contributed by atoms with Crippen LogP contribution in [0.2, 0.25) is 0 Å². The van der Waals surface area contributed by atoms with Crippen molar-refractivity contribution in [3.05, 3.63) is 65.7 Å². The molecule has 0 aliphatic carbocycles. The van der Waals surface area contributed by atoms with E-state index in [1.807, 2.05) is 42.5 Å². The molecule has 0 bridgehead atoms. The lowest BCUT2D eigenvalue weighted by Crippen LogP contribution is -2.17. The van der Waals surface area contributed by atoms with E-state index in [0.717, 1.165) is 17.7 Å². The Labute approximate surface area is 107 Å². The minimum absolute atomic E-state index is 0.110. The number of nitrogens with two attached hydrogens (primary N) is 1. The van der Waals surface area contributed by atoms with Crippen molar-refractivity contribution >= 4 is 11.5 Å². The summed E-state index contributed by atoms with van der Waals surface area (Å²) in [5, 5.41) is 7.44. The molecule has 0 saturated heterocycles. The SMILES string of the molecule is CN(Cc1cccc(C(=N)N)c1)c1ccccc1. The first kappa shape index (κ1) is 12.2. The lowest BCUT2D eigenvalue weighted by atomic mass is 10.1. The van der Waals surface area contributed by atoms with Crippen LogP contribution in [0.25, 0.3) is 0 Å². The zero-order valence-electron chi connectivity index (χ0n) is 10.4. The molecule has 2 aromatic rings. The van der Waals surface area contributed by atoms with E-state index >= 15 is 0 Å². The van der Waals surface area contributed by atoms with Crippen LogP contribution in [0.1, 0.15) is 11.1 Å². The van der Waals surface area contributed by atoms with Crippen molar-refractivity contribution in [3.63, 3.8) is 0 Å². The van der Waals surface area contributed by atoms with Crippen LogP contribution in [0.4, 0.5) is 5.69 Å². The van der Waals surface area contributed by atoms with Gasteiger partial charge in [-0.3, -0.25) is 5.41 Å². The maximum absolute atomic E-state index is 7.44. The molecule has 2 rings (SSSR count). The highest BCUT2D eigenvalue weighted by Crippen LogP contribution is 2.15. The molecule has 0 spiro atoms.